The van der Waals surface area contributed by atoms with Crippen molar-refractivity contribution in [2.45, 2.75) is 20.4 Å². The van der Waals surface area contributed by atoms with Crippen molar-refractivity contribution in [2.24, 2.45) is 0 Å². The quantitative estimate of drug-likeness (QED) is 0.333. The molecule has 0 fully saturated rings. The van der Waals surface area contributed by atoms with Crippen LogP contribution in [0.5, 0.6) is 11.6 Å². The summed E-state index contributed by atoms with van der Waals surface area (Å²) in [5.41, 5.74) is 5.11. The van der Waals surface area contributed by atoms with E-state index >= 15 is 0 Å². The SMILES string of the molecule is COc1cc(C)c(CNC(=O)c2cc(-c3cncc(C)c3)nc3onc(-c4cccs4)c23)nc1OC. The Morgan fingerprint density at radius 1 is 1.11 bits per heavy atom. The Kier molecular flexibility index (Phi) is 6.34. The van der Waals surface area contributed by atoms with Gasteiger partial charge in [-0.15, -0.1) is 11.3 Å². The summed E-state index contributed by atoms with van der Waals surface area (Å²) < 4.78 is 16.2. The number of aromatic nitrogens is 4. The first-order valence-corrected chi connectivity index (χ1v) is 12.0. The molecule has 0 aliphatic heterocycles. The second-order valence-corrected chi connectivity index (χ2v) is 9.09. The molecule has 5 heterocycles. The number of carbonyl (C=O) groups is 1. The molecule has 5 aromatic rings. The standard InChI is InChI=1S/C26H23N5O4S/c1-14-8-16(12-27-11-14)18-10-17(22-23(21-6-5-7-36-21)31-35-26(22)29-18)24(32)28-13-19-15(2)9-20(33-3)25(30-19)34-4/h5-12H,13H2,1-4H3,(H,28,32). The van der Waals surface area contributed by atoms with Crippen LogP contribution in [0.1, 0.15) is 27.2 Å². The molecule has 0 saturated carbocycles. The normalized spacial score (nSPS) is 11.0. The lowest BCUT2D eigenvalue weighted by atomic mass is 10.0. The molecule has 1 N–H and O–H groups in total. The Bertz CT molecular complexity index is 1560. The number of nitrogens with zero attached hydrogens (tertiary/aromatic N) is 4. The largest absolute Gasteiger partial charge is 0.491 e. The molecule has 5 aromatic heterocycles. The van der Waals surface area contributed by atoms with Gasteiger partial charge in [0, 0.05) is 18.0 Å². The van der Waals surface area contributed by atoms with Gasteiger partial charge in [-0.1, -0.05) is 11.2 Å². The fraction of sp³-hybridized carbons (Fsp3) is 0.192. The van der Waals surface area contributed by atoms with E-state index in [1.54, 1.807) is 25.6 Å². The van der Waals surface area contributed by atoms with Gasteiger partial charge in [-0.2, -0.15) is 0 Å². The van der Waals surface area contributed by atoms with Crippen LogP contribution in [0, 0.1) is 13.8 Å². The van der Waals surface area contributed by atoms with Crippen LogP contribution in [0.25, 0.3) is 32.9 Å². The van der Waals surface area contributed by atoms with Gasteiger partial charge in [-0.25, -0.2) is 9.97 Å². The Morgan fingerprint density at radius 3 is 2.69 bits per heavy atom. The van der Waals surface area contributed by atoms with Crippen molar-refractivity contribution in [3.63, 3.8) is 0 Å². The summed E-state index contributed by atoms with van der Waals surface area (Å²) in [6.07, 6.45) is 3.47. The van der Waals surface area contributed by atoms with Crippen LogP contribution in [0.15, 0.2) is 52.6 Å². The topological polar surface area (TPSA) is 112 Å². The van der Waals surface area contributed by atoms with E-state index in [4.69, 9.17) is 14.0 Å². The molecule has 9 nitrogen and oxygen atoms in total. The minimum atomic E-state index is -0.304. The van der Waals surface area contributed by atoms with Crippen molar-refractivity contribution >= 4 is 28.3 Å². The van der Waals surface area contributed by atoms with Gasteiger partial charge >= 0.3 is 0 Å². The number of hydrogen-bond acceptors (Lipinski definition) is 9. The first kappa shape index (κ1) is 23.4. The molecule has 0 aliphatic carbocycles. The summed E-state index contributed by atoms with van der Waals surface area (Å²) >= 11 is 1.51. The predicted molar refractivity (Wildman–Crippen MR) is 136 cm³/mol. The highest BCUT2D eigenvalue weighted by molar-refractivity contribution is 7.13. The van der Waals surface area contributed by atoms with Crippen LogP contribution in [0.2, 0.25) is 0 Å². The first-order chi connectivity index (χ1) is 17.5. The summed E-state index contributed by atoms with van der Waals surface area (Å²) in [6, 6.07) is 9.38. The van der Waals surface area contributed by atoms with Gasteiger partial charge in [0.1, 0.15) is 5.69 Å². The predicted octanol–water partition coefficient (Wildman–Crippen LogP) is 4.97. The van der Waals surface area contributed by atoms with Gasteiger partial charge in [-0.05, 0) is 54.6 Å². The molecule has 36 heavy (non-hydrogen) atoms. The highest BCUT2D eigenvalue weighted by atomic mass is 32.1. The fourth-order valence-electron chi connectivity index (χ4n) is 3.89. The third-order valence-electron chi connectivity index (χ3n) is 5.70. The first-order valence-electron chi connectivity index (χ1n) is 11.1. The number of carbonyl (C=O) groups excluding carboxylic acids is 1. The van der Waals surface area contributed by atoms with E-state index in [-0.39, 0.29) is 18.2 Å². The van der Waals surface area contributed by atoms with Gasteiger partial charge in [0.2, 0.25) is 0 Å². The lowest BCUT2D eigenvalue weighted by Gasteiger charge is -2.13. The molecule has 0 atom stereocenters. The second kappa shape index (κ2) is 9.74. The molecule has 0 aliphatic rings. The van der Waals surface area contributed by atoms with E-state index in [0.717, 1.165) is 21.6 Å². The number of thiophene rings is 1. The number of fused-ring (bicyclic) bond motifs is 1. The third kappa shape index (κ3) is 4.38. The van der Waals surface area contributed by atoms with Crippen molar-refractivity contribution in [1.29, 1.82) is 0 Å². The zero-order chi connectivity index (χ0) is 25.2. The average Bonchev–Trinajstić information content (AvgIpc) is 3.57. The van der Waals surface area contributed by atoms with E-state index in [9.17, 15) is 4.79 Å². The zero-order valence-corrected chi connectivity index (χ0v) is 21.0. The molecular weight excluding hydrogens is 478 g/mol. The Hall–Kier alpha value is -4.31. The number of amides is 1. The number of methoxy groups -OCH3 is 2. The van der Waals surface area contributed by atoms with Crippen LogP contribution >= 0.6 is 11.3 Å². The Morgan fingerprint density at radius 2 is 1.97 bits per heavy atom. The minimum absolute atomic E-state index is 0.190. The zero-order valence-electron chi connectivity index (χ0n) is 20.2. The lowest BCUT2D eigenvalue weighted by Crippen LogP contribution is -2.24. The molecule has 1 amide bonds. The van der Waals surface area contributed by atoms with Crippen LogP contribution < -0.4 is 14.8 Å². The summed E-state index contributed by atoms with van der Waals surface area (Å²) in [6.45, 7) is 4.04. The number of ether oxygens (including phenoxy) is 2. The maximum Gasteiger partial charge on any atom is 0.259 e. The maximum atomic E-state index is 13.6. The van der Waals surface area contributed by atoms with Crippen molar-refractivity contribution in [3.8, 4) is 33.5 Å². The molecule has 0 aromatic carbocycles. The molecule has 182 valence electrons. The lowest BCUT2D eigenvalue weighted by molar-refractivity contribution is 0.0952. The summed E-state index contributed by atoms with van der Waals surface area (Å²) in [4.78, 5) is 27.9. The Labute approximate surface area is 211 Å². The van der Waals surface area contributed by atoms with E-state index < -0.39 is 0 Å². The highest BCUT2D eigenvalue weighted by Gasteiger charge is 2.23. The molecule has 0 unspecified atom stereocenters. The smallest absolute Gasteiger partial charge is 0.259 e. The van der Waals surface area contributed by atoms with E-state index in [0.29, 0.717) is 39.7 Å². The summed E-state index contributed by atoms with van der Waals surface area (Å²) in [7, 11) is 3.08. The fourth-order valence-corrected chi connectivity index (χ4v) is 4.60. The van der Waals surface area contributed by atoms with E-state index in [1.165, 1.54) is 18.4 Å². The summed E-state index contributed by atoms with van der Waals surface area (Å²) in [5.74, 6) is 0.579. The summed E-state index contributed by atoms with van der Waals surface area (Å²) in [5, 5.41) is 9.72. The second-order valence-electron chi connectivity index (χ2n) is 8.14. The third-order valence-corrected chi connectivity index (χ3v) is 6.57. The number of hydrogen-bond donors (Lipinski definition) is 1. The van der Waals surface area contributed by atoms with Crippen LogP contribution in [0.4, 0.5) is 0 Å². The minimum Gasteiger partial charge on any atom is -0.491 e. The number of pyridine rings is 3. The molecular formula is C26H23N5O4S. The van der Waals surface area contributed by atoms with Crippen molar-refractivity contribution in [2.75, 3.05) is 14.2 Å². The molecule has 0 bridgehead atoms. The van der Waals surface area contributed by atoms with Gasteiger partial charge in [0.15, 0.2) is 5.75 Å². The van der Waals surface area contributed by atoms with Crippen molar-refractivity contribution in [1.82, 2.24) is 25.4 Å². The average molecular weight is 502 g/mol. The van der Waals surface area contributed by atoms with Gasteiger partial charge in [-0.3, -0.25) is 9.78 Å². The number of nitrogens with one attached hydrogen (secondary N) is 1. The van der Waals surface area contributed by atoms with Crippen LogP contribution in [0.3, 0.4) is 0 Å². The van der Waals surface area contributed by atoms with Gasteiger partial charge in [0.25, 0.3) is 17.5 Å². The monoisotopic (exact) mass is 501 g/mol. The highest BCUT2D eigenvalue weighted by Crippen LogP contribution is 2.35. The number of rotatable bonds is 7. The van der Waals surface area contributed by atoms with Crippen molar-refractivity contribution in [3.05, 3.63) is 70.5 Å². The van der Waals surface area contributed by atoms with E-state index in [1.807, 2.05) is 43.5 Å². The molecule has 5 rings (SSSR count). The maximum absolute atomic E-state index is 13.6. The van der Waals surface area contributed by atoms with Gasteiger partial charge in [0.05, 0.1) is 48.0 Å². The van der Waals surface area contributed by atoms with Gasteiger partial charge < -0.3 is 19.3 Å². The molecule has 10 heteroatoms. The van der Waals surface area contributed by atoms with Crippen LogP contribution in [-0.4, -0.2) is 40.2 Å². The molecule has 0 spiro atoms. The Balaban J connectivity index is 1.56. The van der Waals surface area contributed by atoms with E-state index in [2.05, 4.69) is 25.4 Å². The van der Waals surface area contributed by atoms with Crippen molar-refractivity contribution < 1.29 is 18.8 Å². The number of aryl methyl sites for hydroxylation is 2. The molecule has 0 radical (unpaired) electrons. The molecule has 0 saturated heterocycles. The van der Waals surface area contributed by atoms with Crippen LogP contribution in [-0.2, 0) is 6.54 Å².